The summed E-state index contributed by atoms with van der Waals surface area (Å²) in [5.74, 6) is 0.545. The molecule has 1 saturated heterocycles. The second-order valence-corrected chi connectivity index (χ2v) is 12.9. The van der Waals surface area contributed by atoms with Crippen molar-refractivity contribution in [2.45, 2.75) is 58.9 Å². The lowest BCUT2D eigenvalue weighted by molar-refractivity contribution is 0.0932. The Hall–Kier alpha value is -3.20. The van der Waals surface area contributed by atoms with Crippen LogP contribution in [0.5, 0.6) is 0 Å². The molecule has 0 bridgehead atoms. The first-order chi connectivity index (χ1) is 19.5. The summed E-state index contributed by atoms with van der Waals surface area (Å²) in [4.78, 5) is 27.4. The molecular weight excluding hydrogens is 537 g/mol. The predicted octanol–water partition coefficient (Wildman–Crippen LogP) is 7.47. The van der Waals surface area contributed by atoms with Crippen molar-refractivity contribution >= 4 is 34.9 Å². The molecule has 6 nitrogen and oxygen atoms in total. The SMILES string of the molecule is Cc1ccc(C(CC(C)C)Nc2ccc3c(c2)Sc2cccc(C4COCCN4c4ccc[nH]c4=O)c2S3)nc1. The summed E-state index contributed by atoms with van der Waals surface area (Å²) in [5.41, 5.74) is 5.18. The maximum atomic E-state index is 12.7. The number of anilines is 2. The van der Waals surface area contributed by atoms with Gasteiger partial charge in [-0.2, -0.15) is 0 Å². The van der Waals surface area contributed by atoms with E-state index in [1.54, 1.807) is 6.20 Å². The van der Waals surface area contributed by atoms with Crippen LogP contribution in [-0.4, -0.2) is 29.7 Å². The minimum absolute atomic E-state index is 0.0263. The number of H-pyrrole nitrogens is 1. The van der Waals surface area contributed by atoms with Gasteiger partial charge in [-0.05, 0) is 72.9 Å². The normalized spacial score (nSPS) is 17.3. The summed E-state index contributed by atoms with van der Waals surface area (Å²) in [6.45, 7) is 8.42. The number of nitrogens with one attached hydrogen (secondary N) is 2. The maximum absolute atomic E-state index is 12.7. The van der Waals surface area contributed by atoms with Gasteiger partial charge in [0.2, 0.25) is 0 Å². The zero-order valence-electron chi connectivity index (χ0n) is 23.0. The molecular formula is C32H34N4O2S2. The number of hydrogen-bond acceptors (Lipinski definition) is 7. The van der Waals surface area contributed by atoms with Crippen LogP contribution >= 0.6 is 23.5 Å². The molecule has 4 heterocycles. The van der Waals surface area contributed by atoms with Crippen molar-refractivity contribution < 1.29 is 4.74 Å². The van der Waals surface area contributed by atoms with Crippen LogP contribution in [0.3, 0.4) is 0 Å². The van der Waals surface area contributed by atoms with E-state index in [4.69, 9.17) is 9.72 Å². The monoisotopic (exact) mass is 570 g/mol. The number of aromatic nitrogens is 2. The van der Waals surface area contributed by atoms with Gasteiger partial charge in [0.05, 0.1) is 31.0 Å². The van der Waals surface area contributed by atoms with E-state index >= 15 is 0 Å². The number of aromatic amines is 1. The second kappa shape index (κ2) is 11.7. The van der Waals surface area contributed by atoms with Crippen molar-refractivity contribution in [1.82, 2.24) is 9.97 Å². The van der Waals surface area contributed by atoms with Gasteiger partial charge in [-0.15, -0.1) is 0 Å². The summed E-state index contributed by atoms with van der Waals surface area (Å²) in [6, 6.07) is 21.4. The molecule has 0 amide bonds. The van der Waals surface area contributed by atoms with E-state index in [1.165, 1.54) is 30.7 Å². The molecule has 4 aromatic rings. The van der Waals surface area contributed by atoms with Crippen molar-refractivity contribution in [2.75, 3.05) is 30.0 Å². The number of hydrogen-bond donors (Lipinski definition) is 2. The van der Waals surface area contributed by atoms with Crippen LogP contribution in [-0.2, 0) is 4.74 Å². The Morgan fingerprint density at radius 1 is 1.07 bits per heavy atom. The van der Waals surface area contributed by atoms with Crippen LogP contribution in [0, 0.1) is 12.8 Å². The third-order valence-electron chi connectivity index (χ3n) is 7.32. The molecule has 0 spiro atoms. The molecule has 2 aromatic carbocycles. The molecule has 2 aliphatic heterocycles. The number of benzene rings is 2. The Balaban J connectivity index is 1.27. The van der Waals surface area contributed by atoms with Gasteiger partial charge in [0.1, 0.15) is 5.69 Å². The smallest absolute Gasteiger partial charge is 0.271 e. The van der Waals surface area contributed by atoms with E-state index in [0.29, 0.717) is 31.4 Å². The van der Waals surface area contributed by atoms with Gasteiger partial charge in [-0.1, -0.05) is 55.6 Å². The quantitative estimate of drug-likeness (QED) is 0.210. The number of pyridine rings is 2. The standard InChI is InChI=1S/C32H34N4O2S2/c1-20(2)16-25(24-11-9-21(3)18-34-24)35-22-10-12-28-30(17-22)39-29-8-4-6-23(31(29)40-28)27-19-38-15-14-36(27)26-7-5-13-33-32(26)37/h4-13,17-18,20,25,27,35H,14-16,19H2,1-3H3,(H,33,37). The van der Waals surface area contributed by atoms with Crippen LogP contribution < -0.4 is 15.8 Å². The van der Waals surface area contributed by atoms with E-state index in [9.17, 15) is 4.79 Å². The van der Waals surface area contributed by atoms with Gasteiger partial charge in [-0.25, -0.2) is 0 Å². The topological polar surface area (TPSA) is 70.2 Å². The van der Waals surface area contributed by atoms with Crippen molar-refractivity contribution in [2.24, 2.45) is 5.92 Å². The van der Waals surface area contributed by atoms with Crippen LogP contribution in [0.15, 0.2) is 97.4 Å². The first-order valence-electron chi connectivity index (χ1n) is 13.8. The van der Waals surface area contributed by atoms with Gasteiger partial charge in [0.15, 0.2) is 0 Å². The summed E-state index contributed by atoms with van der Waals surface area (Å²) in [5, 5.41) is 3.77. The van der Waals surface area contributed by atoms with Crippen molar-refractivity contribution in [3.63, 3.8) is 0 Å². The second-order valence-electron chi connectivity index (χ2n) is 10.8. The molecule has 2 N–H and O–H groups in total. The van der Waals surface area contributed by atoms with E-state index in [0.717, 1.165) is 17.8 Å². The molecule has 2 atom stereocenters. The highest BCUT2D eigenvalue weighted by atomic mass is 32.2. The lowest BCUT2D eigenvalue weighted by Gasteiger charge is -2.38. The van der Waals surface area contributed by atoms with Gasteiger partial charge in [0, 0.05) is 44.2 Å². The van der Waals surface area contributed by atoms with E-state index < -0.39 is 0 Å². The number of fused-ring (bicyclic) bond motifs is 2. The Kier molecular flexibility index (Phi) is 7.91. The van der Waals surface area contributed by atoms with Gasteiger partial charge < -0.3 is 19.9 Å². The molecule has 8 heteroatoms. The van der Waals surface area contributed by atoms with E-state index in [2.05, 4.69) is 84.5 Å². The van der Waals surface area contributed by atoms with Crippen LogP contribution in [0.4, 0.5) is 11.4 Å². The van der Waals surface area contributed by atoms with Crippen molar-refractivity contribution in [1.29, 1.82) is 0 Å². The highest BCUT2D eigenvalue weighted by molar-refractivity contribution is 8.05. The van der Waals surface area contributed by atoms with Crippen molar-refractivity contribution in [3.8, 4) is 0 Å². The van der Waals surface area contributed by atoms with E-state index in [1.807, 2.05) is 41.9 Å². The minimum atomic E-state index is -0.0665. The highest BCUT2D eigenvalue weighted by Crippen LogP contribution is 2.52. The third-order valence-corrected chi connectivity index (χ3v) is 9.93. The fraction of sp³-hybridized carbons (Fsp3) is 0.312. The summed E-state index contributed by atoms with van der Waals surface area (Å²) in [7, 11) is 0. The average Bonchev–Trinajstić information content (AvgIpc) is 2.96. The summed E-state index contributed by atoms with van der Waals surface area (Å²) < 4.78 is 5.93. The molecule has 0 saturated carbocycles. The Labute approximate surface area is 244 Å². The van der Waals surface area contributed by atoms with Gasteiger partial charge in [0.25, 0.3) is 5.56 Å². The Morgan fingerprint density at radius 3 is 2.77 bits per heavy atom. The lowest BCUT2D eigenvalue weighted by Crippen LogP contribution is -2.42. The fourth-order valence-corrected chi connectivity index (χ4v) is 7.83. The Bertz CT molecular complexity index is 1550. The maximum Gasteiger partial charge on any atom is 0.271 e. The highest BCUT2D eigenvalue weighted by Gasteiger charge is 2.31. The number of aryl methyl sites for hydroxylation is 1. The predicted molar refractivity (Wildman–Crippen MR) is 164 cm³/mol. The van der Waals surface area contributed by atoms with Gasteiger partial charge >= 0.3 is 0 Å². The number of nitrogens with zero attached hydrogens (tertiary/aromatic N) is 2. The van der Waals surface area contributed by atoms with E-state index in [-0.39, 0.29) is 17.6 Å². The average molecular weight is 571 g/mol. The van der Waals surface area contributed by atoms with Crippen LogP contribution in [0.2, 0.25) is 0 Å². The van der Waals surface area contributed by atoms with Crippen molar-refractivity contribution in [3.05, 3.63) is 100 Å². The fourth-order valence-electron chi connectivity index (χ4n) is 5.38. The Morgan fingerprint density at radius 2 is 1.98 bits per heavy atom. The largest absolute Gasteiger partial charge is 0.377 e. The zero-order valence-corrected chi connectivity index (χ0v) is 24.6. The molecule has 2 unspecified atom stereocenters. The third kappa shape index (κ3) is 5.66. The lowest BCUT2D eigenvalue weighted by atomic mass is 10.00. The van der Waals surface area contributed by atoms with Crippen LogP contribution in [0.1, 0.15) is 49.2 Å². The number of ether oxygens (including phenoxy) is 1. The first kappa shape index (κ1) is 27.0. The summed E-state index contributed by atoms with van der Waals surface area (Å²) in [6.07, 6.45) is 4.64. The van der Waals surface area contributed by atoms with Gasteiger partial charge in [-0.3, -0.25) is 9.78 Å². The van der Waals surface area contributed by atoms with Crippen LogP contribution in [0.25, 0.3) is 0 Å². The molecule has 6 rings (SSSR count). The molecule has 40 heavy (non-hydrogen) atoms. The molecule has 0 radical (unpaired) electrons. The summed E-state index contributed by atoms with van der Waals surface area (Å²) >= 11 is 3.62. The molecule has 2 aliphatic rings. The molecule has 2 aromatic heterocycles. The zero-order chi connectivity index (χ0) is 27.6. The first-order valence-corrected chi connectivity index (χ1v) is 15.4. The molecule has 1 fully saturated rings. The number of morpholine rings is 1. The molecule has 0 aliphatic carbocycles. The number of rotatable bonds is 7. The molecule has 206 valence electrons. The minimum Gasteiger partial charge on any atom is -0.377 e.